The molecule has 2 nitrogen and oxygen atoms in total. The molecule has 0 amide bonds. The van der Waals surface area contributed by atoms with Gasteiger partial charge in [0.05, 0.1) is 6.61 Å². The summed E-state index contributed by atoms with van der Waals surface area (Å²) in [5, 5.41) is 8.48. The van der Waals surface area contributed by atoms with E-state index in [2.05, 4.69) is 6.58 Å². The number of hydrogen-bond donors (Lipinski definition) is 2. The number of allylic oxidation sites excluding steroid dienone is 1. The zero-order chi connectivity index (χ0) is 7.11. The number of rotatable bonds is 5. The van der Waals surface area contributed by atoms with Gasteiger partial charge in [-0.1, -0.05) is 6.08 Å². The molecular weight excluding hydrogens is 150 g/mol. The van der Waals surface area contributed by atoms with Gasteiger partial charge in [-0.05, 0) is 19.3 Å². The van der Waals surface area contributed by atoms with Crippen molar-refractivity contribution in [3.63, 3.8) is 0 Å². The Bertz CT molecular complexity index is 78.0. The summed E-state index contributed by atoms with van der Waals surface area (Å²) in [6.07, 6.45) is 4.78. The molecule has 0 aliphatic rings. The topological polar surface area (TPSA) is 46.2 Å². The largest absolute Gasteiger partial charge is 0.395 e. The van der Waals surface area contributed by atoms with Gasteiger partial charge in [0, 0.05) is 6.04 Å². The molecule has 0 aliphatic heterocycles. The van der Waals surface area contributed by atoms with Gasteiger partial charge in [-0.2, -0.15) is 0 Å². The maximum Gasteiger partial charge on any atom is 0.0582 e. The van der Waals surface area contributed by atoms with Gasteiger partial charge < -0.3 is 10.8 Å². The Labute approximate surface area is 68.5 Å². The maximum absolute atomic E-state index is 8.48. The van der Waals surface area contributed by atoms with E-state index in [1.165, 1.54) is 0 Å². The molecule has 0 saturated carbocycles. The van der Waals surface area contributed by atoms with E-state index in [4.69, 9.17) is 10.8 Å². The van der Waals surface area contributed by atoms with Crippen LogP contribution >= 0.6 is 12.4 Å². The fourth-order valence-corrected chi connectivity index (χ4v) is 0.616. The van der Waals surface area contributed by atoms with Gasteiger partial charge in [0.15, 0.2) is 0 Å². The predicted molar refractivity (Wildman–Crippen MR) is 46.4 cm³/mol. The van der Waals surface area contributed by atoms with E-state index in [-0.39, 0.29) is 25.1 Å². The molecule has 1 atom stereocenters. The molecule has 0 aromatic rings. The van der Waals surface area contributed by atoms with E-state index in [1.54, 1.807) is 0 Å². The standard InChI is InChI=1S/C7H15NO.ClH/c1-2-3-4-5-7(8)6-9;/h2,7,9H,1,3-6,8H2;1H. The van der Waals surface area contributed by atoms with E-state index in [0.29, 0.717) is 0 Å². The molecule has 0 radical (unpaired) electrons. The summed E-state index contributed by atoms with van der Waals surface area (Å²) in [5.74, 6) is 0. The van der Waals surface area contributed by atoms with Crippen LogP contribution in [0.25, 0.3) is 0 Å². The normalized spacial score (nSPS) is 11.8. The Morgan fingerprint density at radius 2 is 2.20 bits per heavy atom. The molecule has 0 spiro atoms. The molecule has 0 heterocycles. The average molecular weight is 166 g/mol. The summed E-state index contributed by atoms with van der Waals surface area (Å²) < 4.78 is 0. The smallest absolute Gasteiger partial charge is 0.0582 e. The van der Waals surface area contributed by atoms with Crippen molar-refractivity contribution in [2.75, 3.05) is 6.61 Å². The van der Waals surface area contributed by atoms with Crippen LogP contribution in [0.5, 0.6) is 0 Å². The van der Waals surface area contributed by atoms with Crippen LogP contribution in [0.2, 0.25) is 0 Å². The minimum absolute atomic E-state index is 0. The number of aliphatic hydroxyl groups is 1. The summed E-state index contributed by atoms with van der Waals surface area (Å²) >= 11 is 0. The van der Waals surface area contributed by atoms with Crippen molar-refractivity contribution in [3.8, 4) is 0 Å². The average Bonchev–Trinajstić information content (AvgIpc) is 1.89. The van der Waals surface area contributed by atoms with Gasteiger partial charge in [0.1, 0.15) is 0 Å². The summed E-state index contributed by atoms with van der Waals surface area (Å²) in [5.41, 5.74) is 5.43. The van der Waals surface area contributed by atoms with E-state index in [1.807, 2.05) is 6.08 Å². The van der Waals surface area contributed by atoms with E-state index in [0.717, 1.165) is 19.3 Å². The quantitative estimate of drug-likeness (QED) is 0.473. The van der Waals surface area contributed by atoms with Crippen molar-refractivity contribution < 1.29 is 5.11 Å². The van der Waals surface area contributed by atoms with E-state index < -0.39 is 0 Å². The van der Waals surface area contributed by atoms with Gasteiger partial charge in [-0.3, -0.25) is 0 Å². The highest BCUT2D eigenvalue weighted by molar-refractivity contribution is 5.85. The first-order valence-corrected chi connectivity index (χ1v) is 3.28. The van der Waals surface area contributed by atoms with Crippen LogP contribution in [0, 0.1) is 0 Å². The monoisotopic (exact) mass is 165 g/mol. The van der Waals surface area contributed by atoms with Crippen LogP contribution in [0.3, 0.4) is 0 Å². The van der Waals surface area contributed by atoms with Crippen LogP contribution in [-0.4, -0.2) is 17.8 Å². The van der Waals surface area contributed by atoms with Crippen LogP contribution < -0.4 is 5.73 Å². The minimum atomic E-state index is -0.0371. The summed E-state index contributed by atoms with van der Waals surface area (Å²) in [7, 11) is 0. The second-order valence-corrected chi connectivity index (χ2v) is 2.16. The Morgan fingerprint density at radius 3 is 2.60 bits per heavy atom. The zero-order valence-corrected chi connectivity index (χ0v) is 6.94. The van der Waals surface area contributed by atoms with Gasteiger partial charge in [0.2, 0.25) is 0 Å². The first kappa shape index (κ1) is 12.6. The maximum atomic E-state index is 8.48. The predicted octanol–water partition coefficient (Wildman–Crippen LogP) is 1.08. The third kappa shape index (κ3) is 7.95. The molecule has 0 aromatic heterocycles. The number of aliphatic hydroxyl groups excluding tert-OH is 1. The summed E-state index contributed by atoms with van der Waals surface area (Å²) in [6.45, 7) is 3.67. The SMILES string of the molecule is C=CCCCC(N)CO.Cl. The Hall–Kier alpha value is -0.0500. The molecule has 10 heavy (non-hydrogen) atoms. The minimum Gasteiger partial charge on any atom is -0.395 e. The summed E-state index contributed by atoms with van der Waals surface area (Å²) in [4.78, 5) is 0. The molecule has 0 bridgehead atoms. The molecule has 0 aliphatic carbocycles. The molecule has 3 heteroatoms. The van der Waals surface area contributed by atoms with Gasteiger partial charge in [-0.25, -0.2) is 0 Å². The van der Waals surface area contributed by atoms with Crippen molar-refractivity contribution in [1.29, 1.82) is 0 Å². The number of nitrogens with two attached hydrogens (primary N) is 1. The fourth-order valence-electron chi connectivity index (χ4n) is 0.616. The molecule has 0 rings (SSSR count). The molecule has 1 unspecified atom stereocenters. The third-order valence-corrected chi connectivity index (χ3v) is 1.22. The first-order chi connectivity index (χ1) is 4.31. The van der Waals surface area contributed by atoms with Crippen LogP contribution in [0.4, 0.5) is 0 Å². The fraction of sp³-hybridized carbons (Fsp3) is 0.714. The second kappa shape index (κ2) is 8.95. The first-order valence-electron chi connectivity index (χ1n) is 3.28. The summed E-state index contributed by atoms with van der Waals surface area (Å²) in [6, 6.07) is -0.0371. The molecule has 3 N–H and O–H groups in total. The lowest BCUT2D eigenvalue weighted by molar-refractivity contribution is 0.258. The number of halogens is 1. The van der Waals surface area contributed by atoms with Gasteiger partial charge in [0.25, 0.3) is 0 Å². The molecule has 0 aromatic carbocycles. The second-order valence-electron chi connectivity index (χ2n) is 2.16. The molecule has 62 valence electrons. The van der Waals surface area contributed by atoms with E-state index >= 15 is 0 Å². The highest BCUT2D eigenvalue weighted by Gasteiger charge is 1.96. The third-order valence-electron chi connectivity index (χ3n) is 1.22. The van der Waals surface area contributed by atoms with Crippen LogP contribution in [-0.2, 0) is 0 Å². The van der Waals surface area contributed by atoms with E-state index in [9.17, 15) is 0 Å². The van der Waals surface area contributed by atoms with Crippen molar-refractivity contribution in [2.45, 2.75) is 25.3 Å². The molecular formula is C7H16ClNO. The van der Waals surface area contributed by atoms with Crippen molar-refractivity contribution in [3.05, 3.63) is 12.7 Å². The van der Waals surface area contributed by atoms with Crippen molar-refractivity contribution in [1.82, 2.24) is 0 Å². The van der Waals surface area contributed by atoms with Gasteiger partial charge in [-0.15, -0.1) is 19.0 Å². The lowest BCUT2D eigenvalue weighted by Gasteiger charge is -2.04. The van der Waals surface area contributed by atoms with Crippen LogP contribution in [0.1, 0.15) is 19.3 Å². The van der Waals surface area contributed by atoms with Crippen molar-refractivity contribution >= 4 is 12.4 Å². The molecule has 0 saturated heterocycles. The Kier molecular flexibility index (Phi) is 11.3. The highest BCUT2D eigenvalue weighted by Crippen LogP contribution is 1.97. The highest BCUT2D eigenvalue weighted by atomic mass is 35.5. The van der Waals surface area contributed by atoms with Crippen LogP contribution in [0.15, 0.2) is 12.7 Å². The molecule has 0 fully saturated rings. The zero-order valence-electron chi connectivity index (χ0n) is 6.12. The van der Waals surface area contributed by atoms with Gasteiger partial charge >= 0.3 is 0 Å². The number of unbranched alkanes of at least 4 members (excludes halogenated alkanes) is 1. The Balaban J connectivity index is 0. The lowest BCUT2D eigenvalue weighted by atomic mass is 10.1. The van der Waals surface area contributed by atoms with Crippen molar-refractivity contribution in [2.24, 2.45) is 5.73 Å². The number of hydrogen-bond acceptors (Lipinski definition) is 2. The lowest BCUT2D eigenvalue weighted by Crippen LogP contribution is -2.23. The Morgan fingerprint density at radius 1 is 1.60 bits per heavy atom.